The number of hydrogen-bond acceptors (Lipinski definition) is 5. The Labute approximate surface area is 204 Å². The van der Waals surface area contributed by atoms with Gasteiger partial charge >= 0.3 is 0 Å². The summed E-state index contributed by atoms with van der Waals surface area (Å²) in [6.07, 6.45) is 13.0. The zero-order chi connectivity index (χ0) is 24.4. The first-order chi connectivity index (χ1) is 17.0. The van der Waals surface area contributed by atoms with Gasteiger partial charge in [-0.3, -0.25) is 9.78 Å². The van der Waals surface area contributed by atoms with Crippen LogP contribution in [-0.4, -0.2) is 41.5 Å². The largest absolute Gasteiger partial charge is 0.384 e. The Morgan fingerprint density at radius 2 is 2.11 bits per heavy atom. The van der Waals surface area contributed by atoms with Gasteiger partial charge in [-0.05, 0) is 61.4 Å². The van der Waals surface area contributed by atoms with Crippen LogP contribution in [0, 0.1) is 11.3 Å². The first-order valence-electron chi connectivity index (χ1n) is 12.0. The molecule has 1 aliphatic carbocycles. The molecule has 1 atom stereocenters. The van der Waals surface area contributed by atoms with Crippen LogP contribution in [-0.2, 0) is 4.79 Å². The molecule has 1 unspecified atom stereocenters. The third kappa shape index (κ3) is 4.83. The van der Waals surface area contributed by atoms with Crippen molar-refractivity contribution in [3.05, 3.63) is 83.1 Å². The van der Waals surface area contributed by atoms with E-state index in [9.17, 15) is 9.18 Å². The molecule has 0 radical (unpaired) electrons. The molecule has 0 saturated carbocycles. The van der Waals surface area contributed by atoms with Crippen molar-refractivity contribution in [2.45, 2.75) is 38.1 Å². The first-order valence-corrected chi connectivity index (χ1v) is 12.0. The van der Waals surface area contributed by atoms with Gasteiger partial charge in [-0.1, -0.05) is 18.2 Å². The molecular formula is C28H28FN5O. The van der Waals surface area contributed by atoms with Crippen LogP contribution in [0.25, 0.3) is 10.8 Å². The fourth-order valence-corrected chi connectivity index (χ4v) is 4.94. The molecule has 35 heavy (non-hydrogen) atoms. The number of benzene rings is 1. The number of carbonyl (C=O) groups is 1. The van der Waals surface area contributed by atoms with E-state index >= 15 is 0 Å². The van der Waals surface area contributed by atoms with Gasteiger partial charge in [0.05, 0.1) is 5.57 Å². The van der Waals surface area contributed by atoms with Crippen LogP contribution < -0.4 is 10.6 Å². The highest BCUT2D eigenvalue weighted by Gasteiger charge is 2.26. The highest BCUT2D eigenvalue weighted by molar-refractivity contribution is 5.95. The maximum Gasteiger partial charge on any atom is 0.251 e. The lowest BCUT2D eigenvalue weighted by Crippen LogP contribution is -2.44. The number of fused-ring (bicyclic) bond motifs is 1. The molecule has 3 aliphatic rings. The average molecular weight is 470 g/mol. The summed E-state index contributed by atoms with van der Waals surface area (Å²) >= 11 is 0. The second kappa shape index (κ2) is 9.75. The predicted molar refractivity (Wildman–Crippen MR) is 135 cm³/mol. The van der Waals surface area contributed by atoms with Crippen LogP contribution in [0.2, 0.25) is 0 Å². The third-order valence-corrected chi connectivity index (χ3v) is 7.02. The van der Waals surface area contributed by atoms with Crippen LogP contribution in [0.4, 0.5) is 10.1 Å². The molecule has 1 aromatic heterocycles. The van der Waals surface area contributed by atoms with E-state index < -0.39 is 5.83 Å². The molecule has 2 aromatic rings. The molecule has 2 aliphatic heterocycles. The number of amides is 1. The van der Waals surface area contributed by atoms with E-state index in [1.165, 1.54) is 0 Å². The van der Waals surface area contributed by atoms with E-state index in [2.05, 4.69) is 27.8 Å². The number of likely N-dealkylation sites (tertiary alicyclic amines) is 1. The fraction of sp³-hybridized carbons (Fsp3) is 0.321. The number of halogens is 1. The minimum Gasteiger partial charge on any atom is -0.384 e. The number of rotatable bonds is 4. The summed E-state index contributed by atoms with van der Waals surface area (Å²) < 4.78 is 14.3. The van der Waals surface area contributed by atoms with Crippen molar-refractivity contribution in [1.29, 1.82) is 5.26 Å². The Balaban J connectivity index is 1.31. The van der Waals surface area contributed by atoms with E-state index in [1.54, 1.807) is 18.3 Å². The van der Waals surface area contributed by atoms with Crippen molar-refractivity contribution in [2.75, 3.05) is 25.0 Å². The second-order valence-electron chi connectivity index (χ2n) is 9.36. The number of allylic oxidation sites excluding steroid dienone is 7. The summed E-state index contributed by atoms with van der Waals surface area (Å²) in [7, 11) is 0. The van der Waals surface area contributed by atoms with Gasteiger partial charge in [-0.2, -0.15) is 5.26 Å². The number of carbonyl (C=O) groups excluding carboxylic acids is 1. The zero-order valence-corrected chi connectivity index (χ0v) is 19.7. The number of piperidine rings is 1. The topological polar surface area (TPSA) is 81.1 Å². The SMILES string of the molecule is CC1=CC=C(C(=O)N2CCC(Nc3cc(C4C=C(F)C(C#N)=CC4)cc4ccncc34)CC2)CN1. The number of aromatic nitrogens is 1. The molecule has 1 amide bonds. The Morgan fingerprint density at radius 3 is 2.83 bits per heavy atom. The lowest BCUT2D eigenvalue weighted by Gasteiger charge is -2.34. The molecule has 7 heteroatoms. The summed E-state index contributed by atoms with van der Waals surface area (Å²) in [5, 5.41) is 18.0. The lowest BCUT2D eigenvalue weighted by atomic mass is 9.88. The number of pyridine rings is 1. The highest BCUT2D eigenvalue weighted by atomic mass is 19.1. The molecule has 6 nitrogen and oxygen atoms in total. The molecule has 0 bridgehead atoms. The minimum absolute atomic E-state index is 0.104. The molecule has 1 saturated heterocycles. The number of nitrogens with zero attached hydrogens (tertiary/aromatic N) is 3. The van der Waals surface area contributed by atoms with Gasteiger partial charge in [0.15, 0.2) is 0 Å². The molecule has 178 valence electrons. The van der Waals surface area contributed by atoms with Crippen LogP contribution in [0.5, 0.6) is 0 Å². The lowest BCUT2D eigenvalue weighted by molar-refractivity contribution is -0.128. The van der Waals surface area contributed by atoms with Crippen molar-refractivity contribution < 1.29 is 9.18 Å². The highest BCUT2D eigenvalue weighted by Crippen LogP contribution is 2.36. The van der Waals surface area contributed by atoms with E-state index in [0.717, 1.165) is 46.1 Å². The van der Waals surface area contributed by atoms with Crippen LogP contribution in [0.3, 0.4) is 0 Å². The maximum atomic E-state index is 14.3. The van der Waals surface area contributed by atoms with Crippen molar-refractivity contribution in [2.24, 2.45) is 0 Å². The summed E-state index contributed by atoms with van der Waals surface area (Å²) in [6.45, 7) is 3.96. The number of nitriles is 1. The van der Waals surface area contributed by atoms with Crippen molar-refractivity contribution in [3.8, 4) is 6.07 Å². The standard InChI is InChI=1S/C28H28FN5O/c1-18-2-3-22(16-32-18)28(35)34-10-7-24(8-11-34)33-27-14-23(12-20-6-9-31-17-25(20)27)19-4-5-21(15-30)26(29)13-19/h2-3,5-6,9,12-14,17,19,24,32-33H,4,7-8,10-11,16H2,1H3. The minimum atomic E-state index is -0.459. The first kappa shape index (κ1) is 22.9. The predicted octanol–water partition coefficient (Wildman–Crippen LogP) is 4.86. The van der Waals surface area contributed by atoms with Gasteiger partial charge in [0.1, 0.15) is 11.9 Å². The van der Waals surface area contributed by atoms with Crippen molar-refractivity contribution >= 4 is 22.4 Å². The molecular weight excluding hydrogens is 441 g/mol. The number of nitrogens with one attached hydrogen (secondary N) is 2. The van der Waals surface area contributed by atoms with E-state index in [4.69, 9.17) is 5.26 Å². The third-order valence-electron chi connectivity index (χ3n) is 7.02. The summed E-state index contributed by atoms with van der Waals surface area (Å²) in [4.78, 5) is 19.1. The molecule has 5 rings (SSSR count). The Bertz CT molecular complexity index is 1320. The molecule has 0 spiro atoms. The molecule has 1 aromatic carbocycles. The molecule has 2 N–H and O–H groups in total. The smallest absolute Gasteiger partial charge is 0.251 e. The summed E-state index contributed by atoms with van der Waals surface area (Å²) in [5.41, 5.74) is 3.95. The fourth-order valence-electron chi connectivity index (χ4n) is 4.94. The van der Waals surface area contributed by atoms with Crippen LogP contribution >= 0.6 is 0 Å². The number of hydrogen-bond donors (Lipinski definition) is 2. The molecule has 1 fully saturated rings. The second-order valence-corrected chi connectivity index (χ2v) is 9.36. The Morgan fingerprint density at radius 1 is 1.29 bits per heavy atom. The summed E-state index contributed by atoms with van der Waals surface area (Å²) in [6, 6.07) is 8.26. The van der Waals surface area contributed by atoms with Gasteiger partial charge in [0.2, 0.25) is 0 Å². The summed E-state index contributed by atoms with van der Waals surface area (Å²) in [5.74, 6) is -0.481. The van der Waals surface area contributed by atoms with Gasteiger partial charge < -0.3 is 15.5 Å². The Kier molecular flexibility index (Phi) is 6.37. The van der Waals surface area contributed by atoms with Crippen molar-refractivity contribution in [3.63, 3.8) is 0 Å². The van der Waals surface area contributed by atoms with Gasteiger partial charge in [-0.15, -0.1) is 0 Å². The number of anilines is 1. The average Bonchev–Trinajstić information content (AvgIpc) is 2.89. The zero-order valence-electron chi connectivity index (χ0n) is 19.7. The quantitative estimate of drug-likeness (QED) is 0.668. The molecule has 3 heterocycles. The van der Waals surface area contributed by atoms with E-state index in [0.29, 0.717) is 26.1 Å². The monoisotopic (exact) mass is 469 g/mol. The normalized spacial score (nSPS) is 20.7. The van der Waals surface area contributed by atoms with E-state index in [-0.39, 0.29) is 23.4 Å². The maximum absolute atomic E-state index is 14.3. The van der Waals surface area contributed by atoms with Crippen molar-refractivity contribution in [1.82, 2.24) is 15.2 Å². The number of dihydropyridines is 1. The van der Waals surface area contributed by atoms with Gasteiger partial charge in [-0.25, -0.2) is 4.39 Å². The van der Waals surface area contributed by atoms with Crippen LogP contribution in [0.1, 0.15) is 37.7 Å². The van der Waals surface area contributed by atoms with Gasteiger partial charge in [0.25, 0.3) is 5.91 Å². The Hall–Kier alpha value is -3.92. The van der Waals surface area contributed by atoms with Crippen LogP contribution in [0.15, 0.2) is 77.6 Å². The van der Waals surface area contributed by atoms with Gasteiger partial charge in [0, 0.05) is 66.3 Å². The van der Waals surface area contributed by atoms with E-state index in [1.807, 2.05) is 42.3 Å².